The zero-order valence-electron chi connectivity index (χ0n) is 6.35. The molecule has 0 saturated carbocycles. The van der Waals surface area contributed by atoms with Crippen molar-refractivity contribution in [2.75, 3.05) is 7.05 Å². The Morgan fingerprint density at radius 3 is 2.80 bits per heavy atom. The van der Waals surface area contributed by atoms with E-state index in [9.17, 15) is 4.79 Å². The van der Waals surface area contributed by atoms with Crippen LogP contribution in [0.2, 0.25) is 0 Å². The Kier molecular flexibility index (Phi) is 4.20. The van der Waals surface area contributed by atoms with Crippen molar-refractivity contribution in [2.45, 2.75) is 13.3 Å². The molecule has 0 aliphatic heterocycles. The second kappa shape index (κ2) is 4.73. The van der Waals surface area contributed by atoms with Crippen molar-refractivity contribution in [2.24, 2.45) is 4.99 Å². The third kappa shape index (κ3) is 3.83. The molecule has 0 spiro atoms. The van der Waals surface area contributed by atoms with Crippen molar-refractivity contribution in [3.05, 3.63) is 12.3 Å². The van der Waals surface area contributed by atoms with Gasteiger partial charge in [0.15, 0.2) is 0 Å². The molecule has 0 aromatic carbocycles. The summed E-state index contributed by atoms with van der Waals surface area (Å²) >= 11 is 0. The molecule has 1 amide bonds. The van der Waals surface area contributed by atoms with Gasteiger partial charge in [-0.25, -0.2) is 0 Å². The minimum Gasteiger partial charge on any atom is -0.326 e. The number of carbonyl (C=O) groups excluding carboxylic acids is 1. The maximum absolute atomic E-state index is 10.7. The average molecular weight is 140 g/mol. The Morgan fingerprint density at radius 2 is 2.40 bits per heavy atom. The highest BCUT2D eigenvalue weighted by Gasteiger charge is 1.94. The lowest BCUT2D eigenvalue weighted by atomic mass is 10.4. The first-order chi connectivity index (χ1) is 4.70. The van der Waals surface area contributed by atoms with E-state index in [0.29, 0.717) is 5.70 Å². The molecule has 0 heterocycles. The van der Waals surface area contributed by atoms with Gasteiger partial charge in [0.2, 0.25) is 0 Å². The predicted molar refractivity (Wildman–Crippen MR) is 42.0 cm³/mol. The molecule has 3 heteroatoms. The first kappa shape index (κ1) is 8.88. The molecule has 0 aromatic rings. The van der Waals surface area contributed by atoms with Crippen molar-refractivity contribution in [3.8, 4) is 0 Å². The van der Waals surface area contributed by atoms with E-state index in [2.05, 4.69) is 16.9 Å². The molecule has 0 saturated heterocycles. The number of amides is 1. The van der Waals surface area contributed by atoms with Gasteiger partial charge in [0.1, 0.15) is 0 Å². The summed E-state index contributed by atoms with van der Waals surface area (Å²) < 4.78 is 0. The van der Waals surface area contributed by atoms with Crippen molar-refractivity contribution in [1.82, 2.24) is 5.32 Å². The highest BCUT2D eigenvalue weighted by molar-refractivity contribution is 6.26. The number of carbonyl (C=O) groups is 1. The molecule has 0 unspecified atom stereocenters. The molecule has 56 valence electrons. The van der Waals surface area contributed by atoms with Gasteiger partial charge in [0.25, 0.3) is 5.91 Å². The van der Waals surface area contributed by atoms with Gasteiger partial charge in [-0.3, -0.25) is 9.79 Å². The molecular weight excluding hydrogens is 128 g/mol. The predicted octanol–water partition coefficient (Wildman–Crippen LogP) is 0.727. The topological polar surface area (TPSA) is 41.5 Å². The average Bonchev–Trinajstić information content (AvgIpc) is 1.88. The molecule has 3 nitrogen and oxygen atoms in total. The van der Waals surface area contributed by atoms with Crippen LogP contribution in [0.15, 0.2) is 17.3 Å². The summed E-state index contributed by atoms with van der Waals surface area (Å²) in [7, 11) is 1.55. The number of nitrogens with zero attached hydrogens (tertiary/aromatic N) is 1. The van der Waals surface area contributed by atoms with Crippen LogP contribution >= 0.6 is 0 Å². The summed E-state index contributed by atoms with van der Waals surface area (Å²) in [6.45, 7) is 5.52. The summed E-state index contributed by atoms with van der Waals surface area (Å²) in [5.41, 5.74) is 0.713. The largest absolute Gasteiger partial charge is 0.326 e. The molecule has 1 N–H and O–H groups in total. The summed E-state index contributed by atoms with van der Waals surface area (Å²) in [6.07, 6.45) is 1.98. The van der Waals surface area contributed by atoms with E-state index in [1.807, 2.05) is 6.92 Å². The lowest BCUT2D eigenvalue weighted by molar-refractivity contribution is -0.113. The Labute approximate surface area is 60.8 Å². The van der Waals surface area contributed by atoms with Gasteiger partial charge >= 0.3 is 0 Å². The number of rotatable bonds is 3. The van der Waals surface area contributed by atoms with Crippen LogP contribution in [0.5, 0.6) is 0 Å². The monoisotopic (exact) mass is 140 g/mol. The smallest absolute Gasteiger partial charge is 0.266 e. The molecule has 10 heavy (non-hydrogen) atoms. The standard InChI is InChI=1S/C7H12N2O/c1-4-6(2)9-7(10)5-8-3/h5H,2,4H2,1,3H3,(H,9,10)/b8-5-. The van der Waals surface area contributed by atoms with Crippen LogP contribution < -0.4 is 5.32 Å². The number of nitrogens with one attached hydrogen (secondary N) is 1. The molecule has 0 aliphatic rings. The summed E-state index contributed by atoms with van der Waals surface area (Å²) in [5, 5.41) is 2.55. The molecule has 0 aromatic heterocycles. The molecule has 0 bridgehead atoms. The van der Waals surface area contributed by atoms with E-state index >= 15 is 0 Å². The maximum atomic E-state index is 10.7. The van der Waals surface area contributed by atoms with E-state index in [4.69, 9.17) is 0 Å². The van der Waals surface area contributed by atoms with Gasteiger partial charge in [-0.15, -0.1) is 0 Å². The SMILES string of the molecule is C=C(CC)NC(=O)/C=N\C. The zero-order chi connectivity index (χ0) is 7.98. The second-order valence-corrected chi connectivity index (χ2v) is 1.83. The zero-order valence-corrected chi connectivity index (χ0v) is 6.35. The Hall–Kier alpha value is -1.12. The first-order valence-corrected chi connectivity index (χ1v) is 3.11. The van der Waals surface area contributed by atoms with Gasteiger partial charge in [-0.1, -0.05) is 13.5 Å². The minimum absolute atomic E-state index is 0.214. The Balaban J connectivity index is 3.68. The molecule has 0 aliphatic carbocycles. The summed E-state index contributed by atoms with van der Waals surface area (Å²) in [6, 6.07) is 0. The van der Waals surface area contributed by atoms with Gasteiger partial charge in [-0.05, 0) is 6.42 Å². The summed E-state index contributed by atoms with van der Waals surface area (Å²) in [4.78, 5) is 14.2. The van der Waals surface area contributed by atoms with Crippen molar-refractivity contribution < 1.29 is 4.79 Å². The lowest BCUT2D eigenvalue weighted by Gasteiger charge is -1.99. The van der Waals surface area contributed by atoms with Crippen LogP contribution in [-0.4, -0.2) is 19.2 Å². The molecule has 0 radical (unpaired) electrons. The number of hydrogen-bond acceptors (Lipinski definition) is 2. The van der Waals surface area contributed by atoms with Crippen molar-refractivity contribution >= 4 is 12.1 Å². The van der Waals surface area contributed by atoms with Crippen LogP contribution in [0.1, 0.15) is 13.3 Å². The quantitative estimate of drug-likeness (QED) is 0.577. The van der Waals surface area contributed by atoms with Crippen molar-refractivity contribution in [3.63, 3.8) is 0 Å². The normalized spacial score (nSPS) is 9.80. The van der Waals surface area contributed by atoms with Gasteiger partial charge in [0, 0.05) is 12.7 Å². The van der Waals surface area contributed by atoms with E-state index < -0.39 is 0 Å². The third-order valence-electron chi connectivity index (χ3n) is 0.973. The van der Waals surface area contributed by atoms with Crippen LogP contribution in [0.4, 0.5) is 0 Å². The first-order valence-electron chi connectivity index (χ1n) is 3.11. The van der Waals surface area contributed by atoms with Crippen LogP contribution in [0.3, 0.4) is 0 Å². The van der Waals surface area contributed by atoms with E-state index in [1.54, 1.807) is 7.05 Å². The van der Waals surface area contributed by atoms with Gasteiger partial charge in [-0.2, -0.15) is 0 Å². The second-order valence-electron chi connectivity index (χ2n) is 1.83. The molecule has 0 rings (SSSR count). The van der Waals surface area contributed by atoms with Crippen LogP contribution in [0, 0.1) is 0 Å². The van der Waals surface area contributed by atoms with Gasteiger partial charge < -0.3 is 5.32 Å². The third-order valence-corrected chi connectivity index (χ3v) is 0.973. The highest BCUT2D eigenvalue weighted by Crippen LogP contribution is 1.87. The van der Waals surface area contributed by atoms with Gasteiger partial charge in [0.05, 0.1) is 6.21 Å². The molecular formula is C7H12N2O. The Morgan fingerprint density at radius 1 is 1.80 bits per heavy atom. The van der Waals surface area contributed by atoms with E-state index in [-0.39, 0.29) is 5.91 Å². The molecule has 0 fully saturated rings. The Bertz CT molecular complexity index is 161. The summed E-state index contributed by atoms with van der Waals surface area (Å²) in [5.74, 6) is -0.214. The van der Waals surface area contributed by atoms with E-state index in [1.165, 1.54) is 6.21 Å². The van der Waals surface area contributed by atoms with Crippen LogP contribution in [-0.2, 0) is 4.79 Å². The number of hydrogen-bond donors (Lipinski definition) is 1. The lowest BCUT2D eigenvalue weighted by Crippen LogP contribution is -2.22. The molecule has 0 atom stereocenters. The fourth-order valence-corrected chi connectivity index (χ4v) is 0.412. The van der Waals surface area contributed by atoms with Crippen molar-refractivity contribution in [1.29, 1.82) is 0 Å². The minimum atomic E-state index is -0.214. The highest BCUT2D eigenvalue weighted by atomic mass is 16.1. The number of aliphatic imine (C=N–C) groups is 1. The van der Waals surface area contributed by atoms with E-state index in [0.717, 1.165) is 6.42 Å². The fourth-order valence-electron chi connectivity index (χ4n) is 0.412. The fraction of sp³-hybridized carbons (Fsp3) is 0.429. The number of allylic oxidation sites excluding steroid dienone is 1. The maximum Gasteiger partial charge on any atom is 0.266 e. The van der Waals surface area contributed by atoms with Crippen LogP contribution in [0.25, 0.3) is 0 Å².